The van der Waals surface area contributed by atoms with Crippen LogP contribution in [0, 0.1) is 12.8 Å². The van der Waals surface area contributed by atoms with Crippen LogP contribution in [0.1, 0.15) is 30.0 Å². The predicted octanol–water partition coefficient (Wildman–Crippen LogP) is 2.72. The summed E-state index contributed by atoms with van der Waals surface area (Å²) in [7, 11) is 0. The van der Waals surface area contributed by atoms with Crippen molar-refractivity contribution in [2.24, 2.45) is 5.92 Å². The Morgan fingerprint density at radius 2 is 2.20 bits per heavy atom. The standard InChI is InChI=1S/C15H20N2O3/c1-10(2)9-20-7-6-17-11(3)16-13-8-12(15(18)19)4-5-14(13)17/h4-5,8,10H,6-7,9H2,1-3H3,(H,18,19). The third-order valence-electron chi connectivity index (χ3n) is 3.10. The van der Waals surface area contributed by atoms with E-state index in [9.17, 15) is 4.79 Å². The third-order valence-corrected chi connectivity index (χ3v) is 3.10. The second-order valence-corrected chi connectivity index (χ2v) is 5.29. The van der Waals surface area contributed by atoms with E-state index >= 15 is 0 Å². The summed E-state index contributed by atoms with van der Waals surface area (Å²) in [6.07, 6.45) is 0. The molecule has 1 aromatic heterocycles. The van der Waals surface area contributed by atoms with Gasteiger partial charge in [0.25, 0.3) is 0 Å². The van der Waals surface area contributed by atoms with Crippen molar-refractivity contribution >= 4 is 17.0 Å². The van der Waals surface area contributed by atoms with Gasteiger partial charge in [0.2, 0.25) is 0 Å². The molecule has 0 unspecified atom stereocenters. The first-order chi connectivity index (χ1) is 9.49. The summed E-state index contributed by atoms with van der Waals surface area (Å²) in [5, 5.41) is 8.99. The summed E-state index contributed by atoms with van der Waals surface area (Å²) < 4.78 is 7.65. The van der Waals surface area contributed by atoms with Crippen molar-refractivity contribution in [2.45, 2.75) is 27.3 Å². The molecule has 20 heavy (non-hydrogen) atoms. The average Bonchev–Trinajstić information content (AvgIpc) is 2.69. The van der Waals surface area contributed by atoms with E-state index in [4.69, 9.17) is 9.84 Å². The number of rotatable bonds is 6. The molecule has 0 atom stereocenters. The molecule has 0 amide bonds. The number of fused-ring (bicyclic) bond motifs is 1. The van der Waals surface area contributed by atoms with E-state index in [1.54, 1.807) is 18.2 Å². The van der Waals surface area contributed by atoms with Crippen molar-refractivity contribution in [3.05, 3.63) is 29.6 Å². The molecule has 0 aliphatic heterocycles. The monoisotopic (exact) mass is 276 g/mol. The van der Waals surface area contributed by atoms with Gasteiger partial charge in [-0.05, 0) is 31.0 Å². The minimum Gasteiger partial charge on any atom is -0.478 e. The molecule has 1 N–H and O–H groups in total. The predicted molar refractivity (Wildman–Crippen MR) is 77.1 cm³/mol. The van der Waals surface area contributed by atoms with Crippen molar-refractivity contribution in [3.63, 3.8) is 0 Å². The van der Waals surface area contributed by atoms with Crippen LogP contribution < -0.4 is 0 Å². The van der Waals surface area contributed by atoms with Crippen LogP contribution >= 0.6 is 0 Å². The van der Waals surface area contributed by atoms with E-state index in [1.165, 1.54) is 0 Å². The molecule has 5 nitrogen and oxygen atoms in total. The number of benzene rings is 1. The SMILES string of the molecule is Cc1nc2cc(C(=O)O)ccc2n1CCOCC(C)C. The van der Waals surface area contributed by atoms with Crippen LogP contribution in [0.15, 0.2) is 18.2 Å². The lowest BCUT2D eigenvalue weighted by atomic mass is 10.2. The molecule has 0 saturated carbocycles. The Labute approximate surface area is 118 Å². The molecule has 5 heteroatoms. The van der Waals surface area contributed by atoms with Gasteiger partial charge in [-0.1, -0.05) is 13.8 Å². The summed E-state index contributed by atoms with van der Waals surface area (Å²) in [5.74, 6) is 0.462. The number of carboxylic acids is 1. The molecule has 0 aliphatic carbocycles. The lowest BCUT2D eigenvalue weighted by Crippen LogP contribution is -2.10. The molecule has 2 aromatic rings. The van der Waals surface area contributed by atoms with Crippen molar-refractivity contribution < 1.29 is 14.6 Å². The van der Waals surface area contributed by atoms with Crippen molar-refractivity contribution in [2.75, 3.05) is 13.2 Å². The van der Waals surface area contributed by atoms with Gasteiger partial charge >= 0.3 is 5.97 Å². The fourth-order valence-electron chi connectivity index (χ4n) is 2.14. The van der Waals surface area contributed by atoms with Gasteiger partial charge in [-0.25, -0.2) is 9.78 Å². The van der Waals surface area contributed by atoms with Gasteiger partial charge in [-0.3, -0.25) is 0 Å². The van der Waals surface area contributed by atoms with Gasteiger partial charge in [0.1, 0.15) is 5.82 Å². The summed E-state index contributed by atoms with van der Waals surface area (Å²) in [6, 6.07) is 5.02. The van der Waals surface area contributed by atoms with Crippen LogP contribution in [0.2, 0.25) is 0 Å². The van der Waals surface area contributed by atoms with Crippen LogP contribution in [0.3, 0.4) is 0 Å². The molecule has 0 fully saturated rings. The molecular formula is C15H20N2O3. The quantitative estimate of drug-likeness (QED) is 0.824. The first kappa shape index (κ1) is 14.5. The summed E-state index contributed by atoms with van der Waals surface area (Å²) in [5.41, 5.74) is 1.92. The fourth-order valence-corrected chi connectivity index (χ4v) is 2.14. The zero-order chi connectivity index (χ0) is 14.7. The van der Waals surface area contributed by atoms with Crippen LogP contribution in [0.5, 0.6) is 0 Å². The first-order valence-corrected chi connectivity index (χ1v) is 6.77. The van der Waals surface area contributed by atoms with Crippen LogP contribution in [0.4, 0.5) is 0 Å². The molecule has 0 bridgehead atoms. The lowest BCUT2D eigenvalue weighted by molar-refractivity contribution is 0.0697. The molecule has 0 spiro atoms. The smallest absolute Gasteiger partial charge is 0.335 e. The number of nitrogens with zero attached hydrogens (tertiary/aromatic N) is 2. The topological polar surface area (TPSA) is 64.3 Å². The Balaban J connectivity index is 2.17. The fraction of sp³-hybridized carbons (Fsp3) is 0.467. The highest BCUT2D eigenvalue weighted by atomic mass is 16.5. The third kappa shape index (κ3) is 3.17. The normalized spacial score (nSPS) is 11.4. The number of carbonyl (C=O) groups is 1. The lowest BCUT2D eigenvalue weighted by Gasteiger charge is -2.09. The van der Waals surface area contributed by atoms with E-state index in [-0.39, 0.29) is 5.56 Å². The van der Waals surface area contributed by atoms with Gasteiger partial charge in [-0.15, -0.1) is 0 Å². The minimum absolute atomic E-state index is 0.262. The highest BCUT2D eigenvalue weighted by Crippen LogP contribution is 2.17. The van der Waals surface area contributed by atoms with E-state index in [2.05, 4.69) is 23.4 Å². The Bertz CT molecular complexity index is 617. The second kappa shape index (κ2) is 6.05. The number of imidazole rings is 1. The van der Waals surface area contributed by atoms with Gasteiger partial charge < -0.3 is 14.4 Å². The van der Waals surface area contributed by atoms with E-state index in [1.807, 2.05) is 6.92 Å². The van der Waals surface area contributed by atoms with Crippen LogP contribution in [0.25, 0.3) is 11.0 Å². The maximum Gasteiger partial charge on any atom is 0.335 e. The average molecular weight is 276 g/mol. The first-order valence-electron chi connectivity index (χ1n) is 6.77. The molecule has 0 radical (unpaired) electrons. The minimum atomic E-state index is -0.931. The molecule has 0 aliphatic rings. The van der Waals surface area contributed by atoms with Crippen molar-refractivity contribution in [1.82, 2.24) is 9.55 Å². The van der Waals surface area contributed by atoms with Gasteiger partial charge in [0.05, 0.1) is 23.2 Å². The zero-order valence-electron chi connectivity index (χ0n) is 12.1. The summed E-state index contributed by atoms with van der Waals surface area (Å²) >= 11 is 0. The number of ether oxygens (including phenoxy) is 1. The number of hydrogen-bond acceptors (Lipinski definition) is 3. The highest BCUT2D eigenvalue weighted by molar-refractivity contribution is 5.92. The number of carboxylic acid groups (broad SMARTS) is 1. The van der Waals surface area contributed by atoms with E-state index < -0.39 is 5.97 Å². The molecule has 2 rings (SSSR count). The summed E-state index contributed by atoms with van der Waals surface area (Å²) in [4.78, 5) is 15.4. The molecular weight excluding hydrogens is 256 g/mol. The number of aromatic nitrogens is 2. The molecule has 1 aromatic carbocycles. The largest absolute Gasteiger partial charge is 0.478 e. The zero-order valence-corrected chi connectivity index (χ0v) is 12.1. The molecule has 1 heterocycles. The maximum atomic E-state index is 11.0. The van der Waals surface area contributed by atoms with E-state index in [0.29, 0.717) is 18.0 Å². The molecule has 0 saturated heterocycles. The number of aryl methyl sites for hydroxylation is 1. The Kier molecular flexibility index (Phi) is 4.39. The highest BCUT2D eigenvalue weighted by Gasteiger charge is 2.10. The Morgan fingerprint density at radius 3 is 2.85 bits per heavy atom. The van der Waals surface area contributed by atoms with Crippen molar-refractivity contribution in [1.29, 1.82) is 0 Å². The van der Waals surface area contributed by atoms with Crippen molar-refractivity contribution in [3.8, 4) is 0 Å². The summed E-state index contributed by atoms with van der Waals surface area (Å²) in [6.45, 7) is 8.25. The van der Waals surface area contributed by atoms with Crippen LogP contribution in [-0.4, -0.2) is 33.8 Å². The Morgan fingerprint density at radius 1 is 1.45 bits per heavy atom. The number of aromatic carboxylic acids is 1. The number of hydrogen-bond donors (Lipinski definition) is 1. The van der Waals surface area contributed by atoms with Gasteiger partial charge in [0, 0.05) is 13.2 Å². The maximum absolute atomic E-state index is 11.0. The van der Waals surface area contributed by atoms with Gasteiger partial charge in [-0.2, -0.15) is 0 Å². The van der Waals surface area contributed by atoms with E-state index in [0.717, 1.165) is 24.5 Å². The Hall–Kier alpha value is -1.88. The molecule has 108 valence electrons. The second-order valence-electron chi connectivity index (χ2n) is 5.29. The van der Waals surface area contributed by atoms with Crippen LogP contribution in [-0.2, 0) is 11.3 Å². The van der Waals surface area contributed by atoms with Gasteiger partial charge in [0.15, 0.2) is 0 Å².